The molecule has 2 aliphatic rings. The number of benzene rings is 2. The minimum atomic E-state index is -1.43. The lowest BCUT2D eigenvalue weighted by atomic mass is 9.70. The van der Waals surface area contributed by atoms with Crippen LogP contribution in [0.5, 0.6) is 0 Å². The fourth-order valence-electron chi connectivity index (χ4n) is 5.67. The Labute approximate surface area is 180 Å². The SMILES string of the molecule is CC(C)(N)C(c1ccccc1)C1CN(C(=O)C(O)(c2ccccc2)C2CCCC2)C1. The summed E-state index contributed by atoms with van der Waals surface area (Å²) in [5, 5.41) is 11.8. The first-order valence-corrected chi connectivity index (χ1v) is 11.2. The van der Waals surface area contributed by atoms with E-state index in [1.165, 1.54) is 5.56 Å². The highest BCUT2D eigenvalue weighted by atomic mass is 16.3. The predicted octanol–water partition coefficient (Wildman–Crippen LogP) is 4.04. The standard InChI is InChI=1S/C26H34N2O2/c1-25(2,27)23(19-11-5-3-6-12-19)20-17-28(18-20)24(29)26(30,22-15-9-10-16-22)21-13-7-4-8-14-21/h3-8,11-14,20,22-23,30H,9-10,15-18,27H2,1-2H3. The summed E-state index contributed by atoms with van der Waals surface area (Å²) >= 11 is 0. The quantitative estimate of drug-likeness (QED) is 0.761. The molecule has 0 spiro atoms. The van der Waals surface area contributed by atoms with Gasteiger partial charge in [0.15, 0.2) is 5.60 Å². The number of rotatable bonds is 6. The van der Waals surface area contributed by atoms with Gasteiger partial charge in [-0.2, -0.15) is 0 Å². The Hall–Kier alpha value is -2.17. The minimum Gasteiger partial charge on any atom is -0.375 e. The second-order valence-electron chi connectivity index (χ2n) is 9.79. The van der Waals surface area contributed by atoms with Crippen LogP contribution in [-0.2, 0) is 10.4 Å². The molecule has 1 saturated heterocycles. The maximum absolute atomic E-state index is 13.6. The zero-order valence-corrected chi connectivity index (χ0v) is 18.1. The van der Waals surface area contributed by atoms with Gasteiger partial charge >= 0.3 is 0 Å². The lowest BCUT2D eigenvalue weighted by molar-refractivity contribution is -0.167. The molecule has 4 heteroatoms. The van der Waals surface area contributed by atoms with Gasteiger partial charge in [0, 0.05) is 36.4 Å². The normalized spacial score (nSPS) is 21.1. The summed E-state index contributed by atoms with van der Waals surface area (Å²) in [6.45, 7) is 5.41. The van der Waals surface area contributed by atoms with Gasteiger partial charge in [-0.3, -0.25) is 4.79 Å². The van der Waals surface area contributed by atoms with Gasteiger partial charge in [0.05, 0.1) is 0 Å². The van der Waals surface area contributed by atoms with E-state index in [9.17, 15) is 9.90 Å². The second kappa shape index (κ2) is 8.16. The van der Waals surface area contributed by atoms with Gasteiger partial charge in [-0.05, 0) is 37.8 Å². The molecular formula is C26H34N2O2. The summed E-state index contributed by atoms with van der Waals surface area (Å²) in [5.41, 5.74) is 6.70. The van der Waals surface area contributed by atoms with E-state index in [1.807, 2.05) is 53.4 Å². The van der Waals surface area contributed by atoms with Crippen molar-refractivity contribution in [1.29, 1.82) is 0 Å². The van der Waals surface area contributed by atoms with Crippen molar-refractivity contribution in [3.8, 4) is 0 Å². The topological polar surface area (TPSA) is 66.6 Å². The van der Waals surface area contributed by atoms with Crippen molar-refractivity contribution in [2.45, 2.75) is 56.6 Å². The molecule has 2 aromatic carbocycles. The van der Waals surface area contributed by atoms with Crippen LogP contribution in [0.15, 0.2) is 60.7 Å². The van der Waals surface area contributed by atoms with Crippen LogP contribution in [-0.4, -0.2) is 34.5 Å². The Kier molecular flexibility index (Phi) is 5.73. The zero-order chi connectivity index (χ0) is 21.4. The van der Waals surface area contributed by atoms with E-state index in [2.05, 4.69) is 26.0 Å². The van der Waals surface area contributed by atoms with Gasteiger partial charge in [-0.25, -0.2) is 0 Å². The van der Waals surface area contributed by atoms with E-state index >= 15 is 0 Å². The first kappa shape index (κ1) is 21.1. The van der Waals surface area contributed by atoms with Gasteiger partial charge in [-0.15, -0.1) is 0 Å². The molecule has 2 fully saturated rings. The predicted molar refractivity (Wildman–Crippen MR) is 120 cm³/mol. The van der Waals surface area contributed by atoms with Crippen LogP contribution in [0.4, 0.5) is 0 Å². The van der Waals surface area contributed by atoms with E-state index in [0.29, 0.717) is 19.0 Å². The van der Waals surface area contributed by atoms with Gasteiger partial charge in [0.2, 0.25) is 0 Å². The van der Waals surface area contributed by atoms with Crippen LogP contribution < -0.4 is 5.73 Å². The summed E-state index contributed by atoms with van der Waals surface area (Å²) in [6, 6.07) is 19.9. The maximum Gasteiger partial charge on any atom is 0.259 e. The molecule has 2 aromatic rings. The molecule has 2 unspecified atom stereocenters. The molecule has 2 atom stereocenters. The molecule has 0 aromatic heterocycles. The summed E-state index contributed by atoms with van der Waals surface area (Å²) in [5.74, 6) is 0.305. The number of likely N-dealkylation sites (tertiary alicyclic amines) is 1. The van der Waals surface area contributed by atoms with E-state index in [4.69, 9.17) is 5.73 Å². The molecule has 1 amide bonds. The number of hydrogen-bond acceptors (Lipinski definition) is 3. The van der Waals surface area contributed by atoms with Crippen molar-refractivity contribution in [2.24, 2.45) is 17.6 Å². The lowest BCUT2D eigenvalue weighted by Crippen LogP contribution is -2.62. The van der Waals surface area contributed by atoms with Crippen LogP contribution in [0, 0.1) is 11.8 Å². The largest absolute Gasteiger partial charge is 0.375 e. The first-order chi connectivity index (χ1) is 14.3. The molecule has 1 heterocycles. The molecule has 1 aliphatic carbocycles. The van der Waals surface area contributed by atoms with Gasteiger partial charge in [-0.1, -0.05) is 73.5 Å². The third kappa shape index (κ3) is 3.79. The van der Waals surface area contributed by atoms with Gasteiger partial charge in [0.25, 0.3) is 5.91 Å². The number of carbonyl (C=O) groups excluding carboxylic acids is 1. The van der Waals surface area contributed by atoms with Crippen LogP contribution in [0.3, 0.4) is 0 Å². The number of aliphatic hydroxyl groups is 1. The molecule has 0 bridgehead atoms. The van der Waals surface area contributed by atoms with Crippen molar-refractivity contribution in [2.75, 3.05) is 13.1 Å². The van der Waals surface area contributed by atoms with E-state index in [0.717, 1.165) is 31.2 Å². The number of hydrogen-bond donors (Lipinski definition) is 2. The highest BCUT2D eigenvalue weighted by molar-refractivity contribution is 5.87. The summed E-state index contributed by atoms with van der Waals surface area (Å²) < 4.78 is 0. The van der Waals surface area contributed by atoms with E-state index in [-0.39, 0.29) is 23.3 Å². The zero-order valence-electron chi connectivity index (χ0n) is 18.1. The average Bonchev–Trinajstić information content (AvgIpc) is 3.25. The Morgan fingerprint density at radius 1 is 1.00 bits per heavy atom. The molecule has 0 radical (unpaired) electrons. The number of nitrogens with zero attached hydrogens (tertiary/aromatic N) is 1. The maximum atomic E-state index is 13.6. The van der Waals surface area contributed by atoms with Crippen molar-refractivity contribution >= 4 is 5.91 Å². The Bertz CT molecular complexity index is 850. The van der Waals surface area contributed by atoms with Gasteiger partial charge in [0.1, 0.15) is 0 Å². The number of carbonyl (C=O) groups is 1. The fraction of sp³-hybridized carbons (Fsp3) is 0.500. The van der Waals surface area contributed by atoms with Crippen LogP contribution in [0.25, 0.3) is 0 Å². The average molecular weight is 407 g/mol. The molecule has 4 rings (SSSR count). The Balaban J connectivity index is 1.55. The molecule has 160 valence electrons. The fourth-order valence-corrected chi connectivity index (χ4v) is 5.67. The third-order valence-corrected chi connectivity index (χ3v) is 7.11. The number of nitrogens with two attached hydrogens (primary N) is 1. The molecular weight excluding hydrogens is 372 g/mol. The van der Waals surface area contributed by atoms with Crippen molar-refractivity contribution in [1.82, 2.24) is 4.90 Å². The monoisotopic (exact) mass is 406 g/mol. The third-order valence-electron chi connectivity index (χ3n) is 7.11. The van der Waals surface area contributed by atoms with Crippen molar-refractivity contribution in [3.05, 3.63) is 71.8 Å². The lowest BCUT2D eigenvalue weighted by Gasteiger charge is -2.50. The Morgan fingerprint density at radius 3 is 2.07 bits per heavy atom. The van der Waals surface area contributed by atoms with Crippen molar-refractivity contribution < 1.29 is 9.90 Å². The first-order valence-electron chi connectivity index (χ1n) is 11.2. The number of amides is 1. The molecule has 3 N–H and O–H groups in total. The highest BCUT2D eigenvalue weighted by Gasteiger charge is 2.52. The van der Waals surface area contributed by atoms with Crippen LogP contribution in [0.2, 0.25) is 0 Å². The van der Waals surface area contributed by atoms with E-state index in [1.54, 1.807) is 0 Å². The second-order valence-corrected chi connectivity index (χ2v) is 9.79. The summed E-state index contributed by atoms with van der Waals surface area (Å²) in [7, 11) is 0. The molecule has 1 aliphatic heterocycles. The smallest absolute Gasteiger partial charge is 0.259 e. The molecule has 30 heavy (non-hydrogen) atoms. The summed E-state index contributed by atoms with van der Waals surface area (Å²) in [4.78, 5) is 15.5. The minimum absolute atomic E-state index is 0.0117. The summed E-state index contributed by atoms with van der Waals surface area (Å²) in [6.07, 6.45) is 3.95. The molecule has 4 nitrogen and oxygen atoms in total. The van der Waals surface area contributed by atoms with Crippen molar-refractivity contribution in [3.63, 3.8) is 0 Å². The Morgan fingerprint density at radius 2 is 1.53 bits per heavy atom. The van der Waals surface area contributed by atoms with Crippen LogP contribution in [0.1, 0.15) is 56.6 Å². The highest BCUT2D eigenvalue weighted by Crippen LogP contribution is 2.45. The van der Waals surface area contributed by atoms with Gasteiger partial charge < -0.3 is 15.7 Å². The molecule has 1 saturated carbocycles. The van der Waals surface area contributed by atoms with Crippen LogP contribution >= 0.6 is 0 Å². The van der Waals surface area contributed by atoms with E-state index < -0.39 is 5.60 Å².